The molecule has 0 aliphatic carbocycles. The van der Waals surface area contributed by atoms with Crippen LogP contribution in [0.4, 0.5) is 11.4 Å². The van der Waals surface area contributed by atoms with Crippen LogP contribution in [0.1, 0.15) is 12.8 Å². The standard InChI is InChI=1S/C13H18N2O5S/c14-10-6-12-13(20-5-4-19-12)7-11(10)15-21(16,17)8-9-2-1-3-18-9/h6-7,9,15H,1-5,8,14H2. The lowest BCUT2D eigenvalue weighted by Gasteiger charge is -2.21. The first-order chi connectivity index (χ1) is 10.0. The van der Waals surface area contributed by atoms with E-state index in [4.69, 9.17) is 19.9 Å². The molecule has 0 aromatic heterocycles. The van der Waals surface area contributed by atoms with Crippen molar-refractivity contribution in [3.05, 3.63) is 12.1 Å². The molecule has 1 aromatic rings. The monoisotopic (exact) mass is 314 g/mol. The maximum absolute atomic E-state index is 12.2. The molecule has 1 atom stereocenters. The first-order valence-electron chi connectivity index (χ1n) is 6.85. The summed E-state index contributed by atoms with van der Waals surface area (Å²) in [6.07, 6.45) is 1.41. The van der Waals surface area contributed by atoms with E-state index >= 15 is 0 Å². The molecule has 2 heterocycles. The summed E-state index contributed by atoms with van der Waals surface area (Å²) in [5.41, 5.74) is 6.47. The zero-order valence-electron chi connectivity index (χ0n) is 11.5. The van der Waals surface area contributed by atoms with Crippen molar-refractivity contribution in [2.45, 2.75) is 18.9 Å². The van der Waals surface area contributed by atoms with Gasteiger partial charge in [0.2, 0.25) is 10.0 Å². The lowest BCUT2D eigenvalue weighted by atomic mass is 10.2. The Morgan fingerprint density at radius 3 is 2.57 bits per heavy atom. The van der Waals surface area contributed by atoms with E-state index < -0.39 is 10.0 Å². The quantitative estimate of drug-likeness (QED) is 0.803. The van der Waals surface area contributed by atoms with Crippen LogP contribution in [0.25, 0.3) is 0 Å². The number of hydrogen-bond acceptors (Lipinski definition) is 6. The summed E-state index contributed by atoms with van der Waals surface area (Å²) in [6, 6.07) is 3.12. The van der Waals surface area contributed by atoms with Crippen LogP contribution in [0.5, 0.6) is 11.5 Å². The number of nitrogen functional groups attached to an aromatic ring is 1. The van der Waals surface area contributed by atoms with Gasteiger partial charge in [0.1, 0.15) is 13.2 Å². The van der Waals surface area contributed by atoms with Crippen LogP contribution in [0.2, 0.25) is 0 Å². The van der Waals surface area contributed by atoms with Crippen LogP contribution in [0.15, 0.2) is 12.1 Å². The van der Waals surface area contributed by atoms with Gasteiger partial charge >= 0.3 is 0 Å². The van der Waals surface area contributed by atoms with Gasteiger partial charge < -0.3 is 19.9 Å². The summed E-state index contributed by atoms with van der Waals surface area (Å²) in [5, 5.41) is 0. The van der Waals surface area contributed by atoms with Crippen molar-refractivity contribution in [3.63, 3.8) is 0 Å². The molecule has 0 amide bonds. The zero-order valence-corrected chi connectivity index (χ0v) is 12.3. The van der Waals surface area contributed by atoms with Crippen LogP contribution in [0.3, 0.4) is 0 Å². The van der Waals surface area contributed by atoms with Gasteiger partial charge in [-0.3, -0.25) is 4.72 Å². The van der Waals surface area contributed by atoms with E-state index in [1.807, 2.05) is 0 Å². The smallest absolute Gasteiger partial charge is 0.235 e. The van der Waals surface area contributed by atoms with E-state index in [9.17, 15) is 8.42 Å². The molecule has 3 N–H and O–H groups in total. The number of anilines is 2. The molecule has 1 aromatic carbocycles. The Labute approximate surface area is 123 Å². The van der Waals surface area contributed by atoms with Crippen molar-refractivity contribution in [3.8, 4) is 11.5 Å². The first-order valence-corrected chi connectivity index (χ1v) is 8.50. The number of nitrogens with two attached hydrogens (primary N) is 1. The molecule has 116 valence electrons. The van der Waals surface area contributed by atoms with Crippen molar-refractivity contribution < 1.29 is 22.6 Å². The number of benzene rings is 1. The summed E-state index contributed by atoms with van der Waals surface area (Å²) in [7, 11) is -3.52. The topological polar surface area (TPSA) is 99.9 Å². The third-order valence-electron chi connectivity index (χ3n) is 3.41. The Hall–Kier alpha value is -1.67. The minimum Gasteiger partial charge on any atom is -0.486 e. The molecule has 0 radical (unpaired) electrons. The van der Waals surface area contributed by atoms with Crippen molar-refractivity contribution in [1.29, 1.82) is 0 Å². The highest BCUT2D eigenvalue weighted by Crippen LogP contribution is 2.37. The van der Waals surface area contributed by atoms with E-state index in [-0.39, 0.29) is 11.9 Å². The van der Waals surface area contributed by atoms with E-state index in [0.717, 1.165) is 12.8 Å². The van der Waals surface area contributed by atoms with Crippen LogP contribution in [-0.4, -0.2) is 40.1 Å². The maximum atomic E-state index is 12.2. The third kappa shape index (κ3) is 3.33. The van der Waals surface area contributed by atoms with Gasteiger partial charge in [0.15, 0.2) is 11.5 Å². The molecular formula is C13H18N2O5S. The second-order valence-corrected chi connectivity index (χ2v) is 6.87. The zero-order chi connectivity index (χ0) is 14.9. The molecule has 0 bridgehead atoms. The minimum atomic E-state index is -3.52. The first kappa shape index (κ1) is 14.3. The predicted molar refractivity (Wildman–Crippen MR) is 78.2 cm³/mol. The van der Waals surface area contributed by atoms with Crippen molar-refractivity contribution >= 4 is 21.4 Å². The highest BCUT2D eigenvalue weighted by atomic mass is 32.2. The summed E-state index contributed by atoms with van der Waals surface area (Å²) >= 11 is 0. The van der Waals surface area contributed by atoms with Crippen molar-refractivity contribution in [2.75, 3.05) is 36.0 Å². The normalized spacial score (nSPS) is 21.2. The Bertz CT molecular complexity index is 626. The predicted octanol–water partition coefficient (Wildman–Crippen LogP) is 0.961. The number of sulfonamides is 1. The van der Waals surface area contributed by atoms with Gasteiger partial charge in [-0.25, -0.2) is 8.42 Å². The van der Waals surface area contributed by atoms with Gasteiger partial charge in [0.05, 0.1) is 23.2 Å². The molecule has 7 nitrogen and oxygen atoms in total. The van der Waals surface area contributed by atoms with Crippen LogP contribution >= 0.6 is 0 Å². The maximum Gasteiger partial charge on any atom is 0.235 e. The van der Waals surface area contributed by atoms with E-state index in [1.54, 1.807) is 12.1 Å². The van der Waals surface area contributed by atoms with Gasteiger partial charge in [-0.15, -0.1) is 0 Å². The fourth-order valence-corrected chi connectivity index (χ4v) is 3.77. The largest absolute Gasteiger partial charge is 0.486 e. The second-order valence-electron chi connectivity index (χ2n) is 5.10. The summed E-state index contributed by atoms with van der Waals surface area (Å²) in [4.78, 5) is 0. The number of fused-ring (bicyclic) bond motifs is 1. The fourth-order valence-electron chi connectivity index (χ4n) is 2.42. The lowest BCUT2D eigenvalue weighted by Crippen LogP contribution is -2.26. The average molecular weight is 314 g/mol. The molecule has 8 heteroatoms. The summed E-state index contributed by atoms with van der Waals surface area (Å²) < 4.78 is 43.0. The van der Waals surface area contributed by atoms with Crippen molar-refractivity contribution in [1.82, 2.24) is 0 Å². The highest BCUT2D eigenvalue weighted by Gasteiger charge is 2.24. The van der Waals surface area contributed by atoms with E-state index in [2.05, 4.69) is 4.72 Å². The molecule has 3 rings (SSSR count). The molecule has 1 unspecified atom stereocenters. The van der Waals surface area contributed by atoms with Gasteiger partial charge in [0, 0.05) is 18.7 Å². The average Bonchev–Trinajstić information content (AvgIpc) is 2.91. The molecular weight excluding hydrogens is 296 g/mol. The van der Waals surface area contributed by atoms with E-state index in [0.29, 0.717) is 42.7 Å². The van der Waals surface area contributed by atoms with Gasteiger partial charge in [-0.1, -0.05) is 0 Å². The molecule has 0 spiro atoms. The fraction of sp³-hybridized carbons (Fsp3) is 0.538. The van der Waals surface area contributed by atoms with E-state index in [1.165, 1.54) is 0 Å². The number of hydrogen-bond donors (Lipinski definition) is 2. The number of ether oxygens (including phenoxy) is 3. The molecule has 2 aliphatic rings. The Balaban J connectivity index is 1.77. The highest BCUT2D eigenvalue weighted by molar-refractivity contribution is 7.92. The molecule has 1 saturated heterocycles. The lowest BCUT2D eigenvalue weighted by molar-refractivity contribution is 0.127. The molecule has 21 heavy (non-hydrogen) atoms. The number of nitrogens with one attached hydrogen (secondary N) is 1. The van der Waals surface area contributed by atoms with Crippen molar-refractivity contribution in [2.24, 2.45) is 0 Å². The van der Waals surface area contributed by atoms with Gasteiger partial charge in [-0.05, 0) is 12.8 Å². The SMILES string of the molecule is Nc1cc2c(cc1NS(=O)(=O)CC1CCCO1)OCCO2. The number of rotatable bonds is 4. The summed E-state index contributed by atoms with van der Waals surface area (Å²) in [6.45, 7) is 1.50. The van der Waals surface area contributed by atoms with Crippen LogP contribution < -0.4 is 19.9 Å². The second kappa shape index (κ2) is 5.61. The van der Waals surface area contributed by atoms with Crippen LogP contribution in [0, 0.1) is 0 Å². The third-order valence-corrected chi connectivity index (χ3v) is 4.75. The van der Waals surface area contributed by atoms with Crippen LogP contribution in [-0.2, 0) is 14.8 Å². The Morgan fingerprint density at radius 2 is 1.90 bits per heavy atom. The molecule has 1 fully saturated rings. The van der Waals surface area contributed by atoms with Gasteiger partial charge in [0.25, 0.3) is 0 Å². The molecule has 0 saturated carbocycles. The Morgan fingerprint density at radius 1 is 1.19 bits per heavy atom. The van der Waals surface area contributed by atoms with Gasteiger partial charge in [-0.2, -0.15) is 0 Å². The molecule has 2 aliphatic heterocycles. The minimum absolute atomic E-state index is 0.0686. The summed E-state index contributed by atoms with van der Waals surface area (Å²) in [5.74, 6) is 0.951. The Kier molecular flexibility index (Phi) is 3.81.